The molecular weight excluding hydrogens is 306 g/mol. The molecule has 3 rings (SSSR count). The molecular formula is C14H21N3O4S. The summed E-state index contributed by atoms with van der Waals surface area (Å²) in [5, 5.41) is 6.50. The standard InChI is InChI=1S/C14H21N3O4S/c1-10-7-13(21-16-10)14(18)15-11-8-22(19,20)9-12(11)17-5-3-2-4-6-17/h7,11-12H,2-6,8-9H2,1H3,(H,15,18). The fraction of sp³-hybridized carbons (Fsp3) is 0.714. The van der Waals surface area contributed by atoms with Crippen molar-refractivity contribution in [2.45, 2.75) is 38.3 Å². The van der Waals surface area contributed by atoms with Gasteiger partial charge in [0.15, 0.2) is 9.84 Å². The lowest BCUT2D eigenvalue weighted by Gasteiger charge is -2.34. The minimum atomic E-state index is -3.12. The van der Waals surface area contributed by atoms with E-state index in [9.17, 15) is 13.2 Å². The first kappa shape index (κ1) is 15.5. The average molecular weight is 327 g/mol. The fourth-order valence-electron chi connectivity index (χ4n) is 3.29. The van der Waals surface area contributed by atoms with Gasteiger partial charge in [0.1, 0.15) is 0 Å². The number of nitrogens with one attached hydrogen (secondary N) is 1. The maximum atomic E-state index is 12.2. The summed E-state index contributed by atoms with van der Waals surface area (Å²) in [4.78, 5) is 14.4. The van der Waals surface area contributed by atoms with E-state index in [4.69, 9.17) is 4.52 Å². The van der Waals surface area contributed by atoms with Gasteiger partial charge >= 0.3 is 0 Å². The van der Waals surface area contributed by atoms with Crippen molar-refractivity contribution in [3.8, 4) is 0 Å². The molecule has 0 aromatic carbocycles. The largest absolute Gasteiger partial charge is 0.351 e. The second-order valence-electron chi connectivity index (χ2n) is 6.15. The van der Waals surface area contributed by atoms with Crippen molar-refractivity contribution in [1.29, 1.82) is 0 Å². The Balaban J connectivity index is 1.73. The Kier molecular flexibility index (Phi) is 4.22. The van der Waals surface area contributed by atoms with E-state index in [1.54, 1.807) is 13.0 Å². The highest BCUT2D eigenvalue weighted by Gasteiger charge is 2.42. The molecule has 1 amide bonds. The highest BCUT2D eigenvalue weighted by molar-refractivity contribution is 7.91. The number of sulfone groups is 1. The van der Waals surface area contributed by atoms with E-state index < -0.39 is 15.7 Å². The zero-order valence-corrected chi connectivity index (χ0v) is 13.4. The molecule has 2 fully saturated rings. The minimum absolute atomic E-state index is 0.00692. The fourth-order valence-corrected chi connectivity index (χ4v) is 5.24. The highest BCUT2D eigenvalue weighted by atomic mass is 32.2. The molecule has 0 bridgehead atoms. The van der Waals surface area contributed by atoms with Gasteiger partial charge in [-0.15, -0.1) is 0 Å². The van der Waals surface area contributed by atoms with Gasteiger partial charge in [-0.3, -0.25) is 9.69 Å². The molecule has 22 heavy (non-hydrogen) atoms. The molecule has 2 unspecified atom stereocenters. The van der Waals surface area contributed by atoms with Crippen LogP contribution in [-0.4, -0.2) is 61.1 Å². The van der Waals surface area contributed by atoms with Crippen molar-refractivity contribution in [1.82, 2.24) is 15.4 Å². The zero-order valence-electron chi connectivity index (χ0n) is 12.6. The molecule has 1 aromatic heterocycles. The Labute approximate surface area is 129 Å². The Morgan fingerprint density at radius 3 is 2.68 bits per heavy atom. The Hall–Kier alpha value is -1.41. The quantitative estimate of drug-likeness (QED) is 0.862. The predicted molar refractivity (Wildman–Crippen MR) is 80.4 cm³/mol. The van der Waals surface area contributed by atoms with E-state index in [0.717, 1.165) is 25.9 Å². The van der Waals surface area contributed by atoms with Crippen LogP contribution in [0.25, 0.3) is 0 Å². The van der Waals surface area contributed by atoms with Crippen LogP contribution in [0.2, 0.25) is 0 Å². The van der Waals surface area contributed by atoms with Crippen molar-refractivity contribution in [3.05, 3.63) is 17.5 Å². The van der Waals surface area contributed by atoms with E-state index in [1.165, 1.54) is 6.42 Å². The van der Waals surface area contributed by atoms with Crippen LogP contribution < -0.4 is 5.32 Å². The van der Waals surface area contributed by atoms with E-state index in [-0.39, 0.29) is 29.3 Å². The Morgan fingerprint density at radius 2 is 2.05 bits per heavy atom. The lowest BCUT2D eigenvalue weighted by atomic mass is 10.0. The monoisotopic (exact) mass is 327 g/mol. The lowest BCUT2D eigenvalue weighted by Crippen LogP contribution is -2.52. The van der Waals surface area contributed by atoms with Crippen molar-refractivity contribution < 1.29 is 17.7 Å². The van der Waals surface area contributed by atoms with E-state index in [0.29, 0.717) is 5.69 Å². The van der Waals surface area contributed by atoms with Crippen LogP contribution in [0.3, 0.4) is 0 Å². The molecule has 1 aromatic rings. The molecule has 0 spiro atoms. The number of carbonyl (C=O) groups excluding carboxylic acids is 1. The molecule has 3 heterocycles. The molecule has 2 aliphatic rings. The topological polar surface area (TPSA) is 92.5 Å². The van der Waals surface area contributed by atoms with Crippen LogP contribution in [0, 0.1) is 6.92 Å². The summed E-state index contributed by atoms with van der Waals surface area (Å²) in [6, 6.07) is 1.02. The second-order valence-corrected chi connectivity index (χ2v) is 8.31. The molecule has 2 atom stereocenters. The van der Waals surface area contributed by atoms with Crippen LogP contribution in [0.1, 0.15) is 35.5 Å². The molecule has 0 saturated carbocycles. The van der Waals surface area contributed by atoms with Crippen LogP contribution in [-0.2, 0) is 9.84 Å². The minimum Gasteiger partial charge on any atom is -0.351 e. The molecule has 2 saturated heterocycles. The third-order valence-electron chi connectivity index (χ3n) is 4.35. The van der Waals surface area contributed by atoms with Gasteiger partial charge in [-0.05, 0) is 32.9 Å². The summed E-state index contributed by atoms with van der Waals surface area (Å²) in [5.74, 6) is -0.163. The van der Waals surface area contributed by atoms with Gasteiger partial charge in [-0.2, -0.15) is 0 Å². The number of likely N-dealkylation sites (tertiary alicyclic amines) is 1. The summed E-state index contributed by atoms with van der Waals surface area (Å²) >= 11 is 0. The van der Waals surface area contributed by atoms with Gasteiger partial charge in [-0.25, -0.2) is 8.42 Å². The molecule has 2 aliphatic heterocycles. The zero-order chi connectivity index (χ0) is 15.7. The molecule has 0 aliphatic carbocycles. The Morgan fingerprint density at radius 1 is 1.32 bits per heavy atom. The Bertz CT molecular complexity index is 649. The van der Waals surface area contributed by atoms with Gasteiger partial charge in [0.25, 0.3) is 5.91 Å². The summed E-state index contributed by atoms with van der Waals surface area (Å²) in [7, 11) is -3.12. The highest BCUT2D eigenvalue weighted by Crippen LogP contribution is 2.22. The lowest BCUT2D eigenvalue weighted by molar-refractivity contribution is 0.0864. The normalized spacial score (nSPS) is 28.6. The predicted octanol–water partition coefficient (Wildman–Crippen LogP) is 0.364. The number of hydrogen-bond donors (Lipinski definition) is 1. The van der Waals surface area contributed by atoms with Crippen molar-refractivity contribution in [3.63, 3.8) is 0 Å². The molecule has 122 valence electrons. The smallest absolute Gasteiger partial charge is 0.290 e. The van der Waals surface area contributed by atoms with E-state index in [1.807, 2.05) is 0 Å². The van der Waals surface area contributed by atoms with Crippen LogP contribution in [0.4, 0.5) is 0 Å². The van der Waals surface area contributed by atoms with Crippen molar-refractivity contribution in [2.75, 3.05) is 24.6 Å². The third kappa shape index (κ3) is 3.33. The first-order valence-electron chi connectivity index (χ1n) is 7.63. The molecule has 7 nitrogen and oxygen atoms in total. The summed E-state index contributed by atoms with van der Waals surface area (Å²) in [5.41, 5.74) is 0.622. The second kappa shape index (κ2) is 6.00. The maximum Gasteiger partial charge on any atom is 0.290 e. The van der Waals surface area contributed by atoms with Crippen LogP contribution in [0.5, 0.6) is 0 Å². The maximum absolute atomic E-state index is 12.2. The van der Waals surface area contributed by atoms with E-state index in [2.05, 4.69) is 15.4 Å². The number of aryl methyl sites for hydroxylation is 1. The van der Waals surface area contributed by atoms with Gasteiger partial charge in [0.05, 0.1) is 23.2 Å². The molecule has 8 heteroatoms. The number of amides is 1. The van der Waals surface area contributed by atoms with Crippen LogP contribution in [0.15, 0.2) is 10.6 Å². The number of aromatic nitrogens is 1. The third-order valence-corrected chi connectivity index (χ3v) is 6.07. The van der Waals surface area contributed by atoms with Crippen molar-refractivity contribution in [2.24, 2.45) is 0 Å². The van der Waals surface area contributed by atoms with Gasteiger partial charge in [0, 0.05) is 12.1 Å². The number of rotatable bonds is 3. The first-order chi connectivity index (χ1) is 10.4. The van der Waals surface area contributed by atoms with Crippen LogP contribution >= 0.6 is 0 Å². The summed E-state index contributed by atoms with van der Waals surface area (Å²) in [6.45, 7) is 3.53. The van der Waals surface area contributed by atoms with Gasteiger partial charge in [-0.1, -0.05) is 11.6 Å². The number of hydrogen-bond acceptors (Lipinski definition) is 6. The average Bonchev–Trinajstić information content (AvgIpc) is 3.03. The number of piperidine rings is 1. The summed E-state index contributed by atoms with van der Waals surface area (Å²) < 4.78 is 28.9. The molecule has 0 radical (unpaired) electrons. The van der Waals surface area contributed by atoms with Gasteiger partial charge in [0.2, 0.25) is 5.76 Å². The van der Waals surface area contributed by atoms with Crippen molar-refractivity contribution >= 4 is 15.7 Å². The number of nitrogens with zero attached hydrogens (tertiary/aromatic N) is 2. The first-order valence-corrected chi connectivity index (χ1v) is 9.45. The van der Waals surface area contributed by atoms with Gasteiger partial charge < -0.3 is 9.84 Å². The SMILES string of the molecule is Cc1cc(C(=O)NC2CS(=O)(=O)CC2N2CCCCC2)on1. The summed E-state index contributed by atoms with van der Waals surface area (Å²) in [6.07, 6.45) is 3.35. The number of carbonyl (C=O) groups is 1. The molecule has 1 N–H and O–H groups in total. The van der Waals surface area contributed by atoms with E-state index >= 15 is 0 Å².